The Labute approximate surface area is 146 Å². The zero-order chi connectivity index (χ0) is 18.3. The lowest BCUT2D eigenvalue weighted by atomic mass is 10.1. The van der Waals surface area contributed by atoms with Crippen molar-refractivity contribution in [1.29, 1.82) is 0 Å². The molecule has 0 heterocycles. The van der Waals surface area contributed by atoms with E-state index in [4.69, 9.17) is 0 Å². The summed E-state index contributed by atoms with van der Waals surface area (Å²) >= 11 is 0. The Balaban J connectivity index is -0.000000332. The minimum atomic E-state index is 1.22. The minimum Gasteiger partial charge on any atom is -0.103 e. The molecule has 0 saturated heterocycles. The van der Waals surface area contributed by atoms with Gasteiger partial charge in [0.1, 0.15) is 0 Å². The molecule has 0 fully saturated rings. The van der Waals surface area contributed by atoms with Gasteiger partial charge in [0.25, 0.3) is 0 Å². The van der Waals surface area contributed by atoms with Crippen LogP contribution in [0.5, 0.6) is 0 Å². The minimum absolute atomic E-state index is 1.22. The summed E-state index contributed by atoms with van der Waals surface area (Å²) in [6, 6.07) is 10.3. The summed E-state index contributed by atoms with van der Waals surface area (Å²) < 4.78 is 0. The summed E-state index contributed by atoms with van der Waals surface area (Å²) in [4.78, 5) is 0. The maximum absolute atomic E-state index is 3.65. The number of allylic oxidation sites excluding steroid dienone is 6. The molecule has 0 unspecified atom stereocenters. The summed E-state index contributed by atoms with van der Waals surface area (Å²) in [6.45, 7) is 19.5. The monoisotopic (exact) mass is 314 g/mol. The Kier molecular flexibility index (Phi) is 28.5. The van der Waals surface area contributed by atoms with Crippen LogP contribution in [0, 0.1) is 0 Å². The molecule has 1 aromatic rings. The van der Waals surface area contributed by atoms with Crippen LogP contribution in [0.1, 0.15) is 66.4 Å². The van der Waals surface area contributed by atoms with Gasteiger partial charge in [-0.3, -0.25) is 0 Å². The van der Waals surface area contributed by atoms with E-state index in [0.29, 0.717) is 0 Å². The van der Waals surface area contributed by atoms with Crippen LogP contribution in [0.2, 0.25) is 0 Å². The van der Waals surface area contributed by atoms with Crippen molar-refractivity contribution < 1.29 is 0 Å². The highest BCUT2D eigenvalue weighted by Crippen LogP contribution is 2.14. The van der Waals surface area contributed by atoms with Crippen LogP contribution in [-0.2, 0) is 0 Å². The van der Waals surface area contributed by atoms with E-state index in [1.165, 1.54) is 30.4 Å². The smallest absolute Gasteiger partial charge is 0.0187 e. The number of unbranched alkanes of at least 4 members (excludes halogenated alkanes) is 1. The second-order valence-electron chi connectivity index (χ2n) is 4.82. The Bertz CT molecular complexity index is 391. The SMILES string of the molecule is C=C/C=C\C(=C/C)c1ccccc1.C=CC.CCC.CCCC. The lowest BCUT2D eigenvalue weighted by Crippen LogP contribution is -1.77. The standard InChI is InChI=1S/C13H14.C4H10.C3H8.C3H6/c1-3-5-9-12(4-2)13-10-7-6-8-11-13;1-3-4-2;2*1-3-2/h3-11H,1H2,2H3;3-4H2,1-2H3;3H2,1-2H3;3H,1H2,2H3/b9-5-,12-4+;;;. The van der Waals surface area contributed by atoms with Gasteiger partial charge in [-0.1, -0.05) is 114 Å². The molecule has 0 spiro atoms. The van der Waals surface area contributed by atoms with Gasteiger partial charge in [-0.2, -0.15) is 0 Å². The van der Waals surface area contributed by atoms with Crippen molar-refractivity contribution in [2.75, 3.05) is 0 Å². The number of benzene rings is 1. The molecule has 0 aliphatic heterocycles. The van der Waals surface area contributed by atoms with Crippen molar-refractivity contribution >= 4 is 5.57 Å². The topological polar surface area (TPSA) is 0 Å². The van der Waals surface area contributed by atoms with Crippen molar-refractivity contribution in [2.24, 2.45) is 0 Å². The zero-order valence-corrected chi connectivity index (χ0v) is 16.3. The van der Waals surface area contributed by atoms with Crippen molar-refractivity contribution in [1.82, 2.24) is 0 Å². The molecule has 23 heavy (non-hydrogen) atoms. The molecular formula is C23H38. The summed E-state index contributed by atoms with van der Waals surface area (Å²) in [5.74, 6) is 0. The predicted molar refractivity (Wildman–Crippen MR) is 112 cm³/mol. The highest BCUT2D eigenvalue weighted by Gasteiger charge is 1.92. The fraction of sp³-hybridized carbons (Fsp3) is 0.391. The van der Waals surface area contributed by atoms with Crippen LogP contribution in [0.4, 0.5) is 0 Å². The van der Waals surface area contributed by atoms with Gasteiger partial charge in [-0.05, 0) is 25.0 Å². The molecule has 0 saturated carbocycles. The zero-order valence-electron chi connectivity index (χ0n) is 16.3. The quantitative estimate of drug-likeness (QED) is 0.387. The van der Waals surface area contributed by atoms with Crippen molar-refractivity contribution in [3.8, 4) is 0 Å². The second-order valence-corrected chi connectivity index (χ2v) is 4.82. The third kappa shape index (κ3) is 22.6. The van der Waals surface area contributed by atoms with E-state index < -0.39 is 0 Å². The largest absolute Gasteiger partial charge is 0.103 e. The van der Waals surface area contributed by atoms with Gasteiger partial charge < -0.3 is 0 Å². The van der Waals surface area contributed by atoms with Crippen LogP contribution in [-0.4, -0.2) is 0 Å². The Morgan fingerprint density at radius 3 is 1.65 bits per heavy atom. The van der Waals surface area contributed by atoms with Crippen LogP contribution >= 0.6 is 0 Å². The molecule has 0 bridgehead atoms. The number of hydrogen-bond acceptors (Lipinski definition) is 0. The average molecular weight is 315 g/mol. The predicted octanol–water partition coefficient (Wildman–Crippen LogP) is 8.25. The summed E-state index contributed by atoms with van der Waals surface area (Å²) in [6.07, 6.45) is 13.5. The molecule has 0 amide bonds. The molecule has 130 valence electrons. The maximum atomic E-state index is 3.65. The van der Waals surface area contributed by atoms with Gasteiger partial charge in [0.15, 0.2) is 0 Å². The normalized spacial score (nSPS) is 9.39. The Morgan fingerprint density at radius 2 is 1.35 bits per heavy atom. The van der Waals surface area contributed by atoms with E-state index in [-0.39, 0.29) is 0 Å². The first kappa shape index (κ1) is 26.1. The van der Waals surface area contributed by atoms with Crippen molar-refractivity contribution in [3.63, 3.8) is 0 Å². The summed E-state index contributed by atoms with van der Waals surface area (Å²) in [5.41, 5.74) is 2.46. The molecular weight excluding hydrogens is 276 g/mol. The third-order valence-corrected chi connectivity index (χ3v) is 2.33. The van der Waals surface area contributed by atoms with E-state index >= 15 is 0 Å². The average Bonchev–Trinajstić information content (AvgIpc) is 2.58. The molecule has 0 atom stereocenters. The molecule has 0 nitrogen and oxygen atoms in total. The van der Waals surface area contributed by atoms with E-state index in [1.54, 1.807) is 12.2 Å². The molecule has 0 aliphatic rings. The van der Waals surface area contributed by atoms with E-state index in [1.807, 2.05) is 38.1 Å². The Hall–Kier alpha value is -1.82. The van der Waals surface area contributed by atoms with E-state index in [0.717, 1.165) is 0 Å². The molecule has 0 N–H and O–H groups in total. The fourth-order valence-electron chi connectivity index (χ4n) is 1.16. The van der Waals surface area contributed by atoms with Gasteiger partial charge in [0.05, 0.1) is 0 Å². The molecule has 0 heteroatoms. The lowest BCUT2D eigenvalue weighted by Gasteiger charge is -1.99. The van der Waals surface area contributed by atoms with Crippen LogP contribution in [0.25, 0.3) is 5.57 Å². The van der Waals surface area contributed by atoms with Crippen LogP contribution < -0.4 is 0 Å². The number of hydrogen-bond donors (Lipinski definition) is 0. The molecule has 0 aromatic heterocycles. The highest BCUT2D eigenvalue weighted by molar-refractivity contribution is 5.73. The highest BCUT2D eigenvalue weighted by atomic mass is 14.0. The van der Waals surface area contributed by atoms with Gasteiger partial charge in [0, 0.05) is 0 Å². The fourth-order valence-corrected chi connectivity index (χ4v) is 1.16. The first-order chi connectivity index (χ1) is 11.1. The summed E-state index contributed by atoms with van der Waals surface area (Å²) in [7, 11) is 0. The first-order valence-electron chi connectivity index (χ1n) is 8.70. The third-order valence-electron chi connectivity index (χ3n) is 2.33. The molecule has 1 aromatic carbocycles. The second kappa shape index (κ2) is 25.2. The number of rotatable bonds is 4. The van der Waals surface area contributed by atoms with Gasteiger partial charge in [-0.15, -0.1) is 6.58 Å². The Morgan fingerprint density at radius 1 is 0.913 bits per heavy atom. The first-order valence-corrected chi connectivity index (χ1v) is 8.70. The van der Waals surface area contributed by atoms with Gasteiger partial charge in [0.2, 0.25) is 0 Å². The van der Waals surface area contributed by atoms with Gasteiger partial charge >= 0.3 is 0 Å². The molecule has 0 radical (unpaired) electrons. The summed E-state index contributed by atoms with van der Waals surface area (Å²) in [5, 5.41) is 0. The molecule has 1 rings (SSSR count). The molecule has 0 aliphatic carbocycles. The maximum Gasteiger partial charge on any atom is -0.0187 e. The van der Waals surface area contributed by atoms with Crippen molar-refractivity contribution in [2.45, 2.75) is 60.8 Å². The van der Waals surface area contributed by atoms with Crippen molar-refractivity contribution in [3.05, 3.63) is 79.4 Å². The van der Waals surface area contributed by atoms with E-state index in [2.05, 4.69) is 65.1 Å². The van der Waals surface area contributed by atoms with E-state index in [9.17, 15) is 0 Å². The van der Waals surface area contributed by atoms with Gasteiger partial charge in [-0.25, -0.2) is 0 Å². The lowest BCUT2D eigenvalue weighted by molar-refractivity contribution is 0.886. The van der Waals surface area contributed by atoms with Crippen LogP contribution in [0.15, 0.2) is 73.9 Å². The van der Waals surface area contributed by atoms with Crippen LogP contribution in [0.3, 0.4) is 0 Å².